The van der Waals surface area contributed by atoms with Crippen molar-refractivity contribution in [1.82, 2.24) is 0 Å². The summed E-state index contributed by atoms with van der Waals surface area (Å²) >= 11 is 4.62. The Labute approximate surface area is 321 Å². The summed E-state index contributed by atoms with van der Waals surface area (Å²) in [6.07, 6.45) is -14.6. The number of hydrogen-bond acceptors (Lipinski definition) is 19. The quantitative estimate of drug-likeness (QED) is 0.0440. The van der Waals surface area contributed by atoms with Crippen molar-refractivity contribution >= 4 is 52.8 Å². The Bertz CT molecular complexity index is 1630. The predicted molar refractivity (Wildman–Crippen MR) is 189 cm³/mol. The number of carbonyl (C=O) groups is 5. The van der Waals surface area contributed by atoms with E-state index in [2.05, 4.69) is 17.2 Å². The van der Waals surface area contributed by atoms with Crippen molar-refractivity contribution in [2.75, 3.05) is 13.7 Å². The van der Waals surface area contributed by atoms with Crippen LogP contribution < -0.4 is 0 Å². The second kappa shape index (κ2) is 18.8. The largest absolute Gasteiger partial charge is 0.508 e. The maximum absolute atomic E-state index is 13.4. The van der Waals surface area contributed by atoms with Crippen molar-refractivity contribution in [3.63, 3.8) is 0 Å². The van der Waals surface area contributed by atoms with E-state index in [0.717, 1.165) is 0 Å². The summed E-state index contributed by atoms with van der Waals surface area (Å²) in [6, 6.07) is 0. The molecule has 0 saturated carbocycles. The van der Waals surface area contributed by atoms with E-state index in [1.54, 1.807) is 13.8 Å². The van der Waals surface area contributed by atoms with Gasteiger partial charge in [-0.05, 0) is 39.4 Å². The highest BCUT2D eigenvalue weighted by Crippen LogP contribution is 2.42. The van der Waals surface area contributed by atoms with Crippen LogP contribution in [0.15, 0.2) is 28.1 Å². The summed E-state index contributed by atoms with van der Waals surface area (Å²) in [7, 11) is 1.27. The number of thiocarbonyl (C=S) groups is 1. The van der Waals surface area contributed by atoms with Gasteiger partial charge in [-0.3, -0.25) is 19.8 Å². The van der Waals surface area contributed by atoms with Crippen LogP contribution in [0.4, 0.5) is 0 Å². The summed E-state index contributed by atoms with van der Waals surface area (Å²) in [4.78, 5) is 66.8. The number of ketones is 1. The molecule has 2 fully saturated rings. The summed E-state index contributed by atoms with van der Waals surface area (Å²) in [5.41, 5.74) is -7.73. The first-order chi connectivity index (χ1) is 25.8. The van der Waals surface area contributed by atoms with Gasteiger partial charge in [0.2, 0.25) is 0 Å². The summed E-state index contributed by atoms with van der Waals surface area (Å²) in [5, 5.41) is 66.4. The molecule has 0 unspecified atom stereocenters. The SMILES string of the molecule is C/C=C(/N=C=S)C(=O)O[C@@H]1[C@@H](O[C@@H]2C[C@H](OC)[C@](O)([C@@H](C)OC(=O)[C@H](C)CC)[C@@H](C)O2)[C@@H](O)[C@@H]([C@@]2(O)CC(=O)C(=N)C(C(=O)O)=C2O)O[C@H]1COC(=O)CC. The number of esters is 3. The fraction of sp³-hybridized carbons (Fsp3) is 0.686. The molecule has 306 valence electrons. The molecule has 0 radical (unpaired) electrons. The van der Waals surface area contributed by atoms with Crippen molar-refractivity contribution in [2.45, 2.75) is 134 Å². The lowest BCUT2D eigenvalue weighted by atomic mass is 9.74. The number of nitrogens with one attached hydrogen (secondary N) is 1. The van der Waals surface area contributed by atoms with Gasteiger partial charge in [0, 0.05) is 20.0 Å². The van der Waals surface area contributed by atoms with Crippen molar-refractivity contribution < 1.29 is 82.7 Å². The van der Waals surface area contributed by atoms with E-state index in [9.17, 15) is 49.5 Å². The second-order valence-corrected chi connectivity index (χ2v) is 13.5. The minimum atomic E-state index is -3.03. The number of nitrogens with zero attached hydrogens (tertiary/aromatic N) is 1. The molecule has 0 aromatic carbocycles. The third kappa shape index (κ3) is 9.36. The van der Waals surface area contributed by atoms with Crippen molar-refractivity contribution in [3.8, 4) is 0 Å². The second-order valence-electron chi connectivity index (χ2n) is 13.3. The number of methoxy groups -OCH3 is 1. The van der Waals surface area contributed by atoms with E-state index >= 15 is 0 Å². The fourth-order valence-electron chi connectivity index (χ4n) is 6.54. The number of hydrogen-bond donors (Lipinski definition) is 6. The lowest BCUT2D eigenvalue weighted by molar-refractivity contribution is -0.345. The third-order valence-corrected chi connectivity index (χ3v) is 10.1. The average molecular weight is 801 g/mol. The van der Waals surface area contributed by atoms with Crippen molar-refractivity contribution in [2.24, 2.45) is 10.9 Å². The van der Waals surface area contributed by atoms with Gasteiger partial charge in [-0.1, -0.05) is 26.8 Å². The number of carbonyl (C=O) groups excluding carboxylic acids is 4. The fourth-order valence-corrected chi connectivity index (χ4v) is 6.64. The first-order valence-electron chi connectivity index (χ1n) is 17.5. The molecule has 2 saturated heterocycles. The van der Waals surface area contributed by atoms with E-state index < -0.39 is 132 Å². The number of aliphatic hydroxyl groups excluding tert-OH is 2. The number of aliphatic imine (C=N–C) groups is 1. The number of carboxylic acid groups (broad SMARTS) is 1. The zero-order chi connectivity index (χ0) is 41.6. The monoisotopic (exact) mass is 800 g/mol. The number of carboxylic acids is 1. The Morgan fingerprint density at radius 2 is 1.82 bits per heavy atom. The topological polar surface area (TPSA) is 287 Å². The molecule has 20 heteroatoms. The zero-order valence-electron chi connectivity index (χ0n) is 31.4. The van der Waals surface area contributed by atoms with Crippen LogP contribution in [0.5, 0.6) is 0 Å². The minimum absolute atomic E-state index is 0.123. The van der Waals surface area contributed by atoms with Crippen LogP contribution in [0.2, 0.25) is 0 Å². The molecule has 2 heterocycles. The molecule has 6 N–H and O–H groups in total. The van der Waals surface area contributed by atoms with Gasteiger partial charge < -0.3 is 58.7 Å². The van der Waals surface area contributed by atoms with Gasteiger partial charge in [0.05, 0.1) is 29.7 Å². The van der Waals surface area contributed by atoms with Crippen LogP contribution >= 0.6 is 12.2 Å². The van der Waals surface area contributed by atoms with Crippen molar-refractivity contribution in [1.29, 1.82) is 5.41 Å². The lowest BCUT2D eigenvalue weighted by Crippen LogP contribution is -2.70. The summed E-state index contributed by atoms with van der Waals surface area (Å²) in [5.74, 6) is -7.56. The smallest absolute Gasteiger partial charge is 0.357 e. The van der Waals surface area contributed by atoms with Crippen molar-refractivity contribution in [3.05, 3.63) is 23.1 Å². The third-order valence-electron chi connectivity index (χ3n) is 10.0. The summed E-state index contributed by atoms with van der Waals surface area (Å²) in [6.45, 7) is 8.50. The first-order valence-corrected chi connectivity index (χ1v) is 17.9. The number of ether oxygens (including phenoxy) is 7. The number of aliphatic carboxylic acids is 1. The van der Waals surface area contributed by atoms with Gasteiger partial charge in [-0.2, -0.15) is 4.99 Å². The van der Waals surface area contributed by atoms with Gasteiger partial charge in [-0.25, -0.2) is 9.59 Å². The van der Waals surface area contributed by atoms with Gasteiger partial charge in [-0.15, -0.1) is 0 Å². The van der Waals surface area contributed by atoms with Gasteiger partial charge in [0.15, 0.2) is 35.1 Å². The van der Waals surface area contributed by atoms with E-state index in [-0.39, 0.29) is 18.5 Å². The van der Waals surface area contributed by atoms with Crippen LogP contribution in [-0.4, -0.2) is 146 Å². The molecule has 0 amide bonds. The molecule has 0 spiro atoms. The molecule has 2 aliphatic heterocycles. The number of allylic oxidation sites excluding steroid dienone is 1. The molecule has 3 rings (SSSR count). The van der Waals surface area contributed by atoms with Gasteiger partial charge in [0.1, 0.15) is 54.2 Å². The zero-order valence-corrected chi connectivity index (χ0v) is 32.2. The normalized spacial score (nSPS) is 33.9. The summed E-state index contributed by atoms with van der Waals surface area (Å²) < 4.78 is 40.3. The molecule has 19 nitrogen and oxygen atoms in total. The molecular weight excluding hydrogens is 752 g/mol. The Morgan fingerprint density at radius 1 is 1.16 bits per heavy atom. The van der Waals surface area contributed by atoms with E-state index in [1.807, 2.05) is 5.16 Å². The molecule has 12 atom stereocenters. The number of isothiocyanates is 1. The molecular formula is C35H48N2O17S. The predicted octanol–water partition coefficient (Wildman–Crippen LogP) is 0.851. The highest BCUT2D eigenvalue weighted by molar-refractivity contribution is 7.78. The average Bonchev–Trinajstić information content (AvgIpc) is 3.14. The number of Topliss-reactive ketones (excluding diaryl/α,β-unsaturated/α-hetero) is 1. The van der Waals surface area contributed by atoms with E-state index in [4.69, 9.17) is 38.6 Å². The van der Waals surface area contributed by atoms with Crippen LogP contribution in [0.1, 0.15) is 67.2 Å². The van der Waals surface area contributed by atoms with Crippen LogP contribution in [0, 0.1) is 11.3 Å². The molecule has 55 heavy (non-hydrogen) atoms. The Kier molecular flexibility index (Phi) is 15.5. The number of rotatable bonds is 15. The highest BCUT2D eigenvalue weighted by atomic mass is 32.1. The first kappa shape index (κ1) is 45.4. The minimum Gasteiger partial charge on any atom is -0.508 e. The standard InChI is InChI=1S/C35H48N2O17S/c1-8-15(4)32(44)51-17(6)35(47)16(5)50-23(11-21(35)48-7)53-28-26(40)30(34(46)12-19(38)25(36)24(29(34)41)31(42)43)52-20(13-49-22(39)10-3)27(28)54-33(45)18(9-2)37-14-55/h9,15-17,20-21,23,26-28,30,36,40-41,46-47H,8,10-13H2,1-7H3,(H,42,43)/b18-9+,36-25?/t15-,16-,17-,20+,21+,23-,26-,27+,28+,30+,34-,35-/m1/s1. The molecule has 0 bridgehead atoms. The van der Waals surface area contributed by atoms with E-state index in [0.29, 0.717) is 6.42 Å². The van der Waals surface area contributed by atoms with Gasteiger partial charge >= 0.3 is 23.9 Å². The molecule has 1 aliphatic carbocycles. The van der Waals surface area contributed by atoms with Gasteiger partial charge in [0.25, 0.3) is 0 Å². The molecule has 3 aliphatic rings. The Hall–Kier alpha value is -3.98. The van der Waals surface area contributed by atoms with Crippen LogP contribution in [0.3, 0.4) is 0 Å². The molecule has 0 aromatic rings. The number of aliphatic hydroxyl groups is 4. The molecule has 0 aromatic heterocycles. The highest BCUT2D eigenvalue weighted by Gasteiger charge is 2.62. The van der Waals surface area contributed by atoms with Crippen LogP contribution in [0.25, 0.3) is 0 Å². The Balaban J connectivity index is 2.15. The van der Waals surface area contributed by atoms with Crippen LogP contribution in [-0.2, 0) is 57.1 Å². The van der Waals surface area contributed by atoms with E-state index in [1.165, 1.54) is 40.9 Å². The maximum atomic E-state index is 13.4. The maximum Gasteiger partial charge on any atom is 0.357 e. The lowest BCUT2D eigenvalue weighted by Gasteiger charge is -2.52. The Morgan fingerprint density at radius 3 is 2.36 bits per heavy atom.